The van der Waals surface area contributed by atoms with Crippen molar-refractivity contribution >= 4 is 17.7 Å². The lowest BCUT2D eigenvalue weighted by Crippen LogP contribution is -2.47. The summed E-state index contributed by atoms with van der Waals surface area (Å²) in [7, 11) is 0. The zero-order chi connectivity index (χ0) is 14.4. The van der Waals surface area contributed by atoms with Gasteiger partial charge in [-0.3, -0.25) is 4.79 Å². The Bertz CT molecular complexity index is 283. The summed E-state index contributed by atoms with van der Waals surface area (Å²) in [5.74, 6) is 1.76. The van der Waals surface area contributed by atoms with E-state index >= 15 is 0 Å². The molecule has 3 atom stereocenters. The van der Waals surface area contributed by atoms with Crippen LogP contribution >= 0.6 is 11.8 Å². The Morgan fingerprint density at radius 2 is 2.05 bits per heavy atom. The van der Waals surface area contributed by atoms with Gasteiger partial charge in [-0.05, 0) is 43.8 Å². The minimum absolute atomic E-state index is 0.0366. The van der Waals surface area contributed by atoms with E-state index in [4.69, 9.17) is 5.11 Å². The highest BCUT2D eigenvalue weighted by Gasteiger charge is 2.31. The molecule has 0 bridgehead atoms. The Hall–Kier alpha value is -0.220. The SMILES string of the molecule is CC(CO)CSC(C(=O)N1CCCCC1C)C(C)C. The Morgan fingerprint density at radius 1 is 1.37 bits per heavy atom. The van der Waals surface area contributed by atoms with Gasteiger partial charge in [0.25, 0.3) is 0 Å². The largest absolute Gasteiger partial charge is 0.396 e. The summed E-state index contributed by atoms with van der Waals surface area (Å²) < 4.78 is 0. The number of hydrogen-bond acceptors (Lipinski definition) is 3. The van der Waals surface area contributed by atoms with E-state index in [1.165, 1.54) is 6.42 Å². The van der Waals surface area contributed by atoms with Crippen LogP contribution in [0.4, 0.5) is 0 Å². The Morgan fingerprint density at radius 3 is 2.58 bits per heavy atom. The van der Waals surface area contributed by atoms with Crippen molar-refractivity contribution in [3.8, 4) is 0 Å². The zero-order valence-electron chi connectivity index (χ0n) is 12.8. The molecule has 4 heteroatoms. The normalized spacial score (nSPS) is 23.5. The van der Waals surface area contributed by atoms with Crippen LogP contribution in [0.2, 0.25) is 0 Å². The molecular formula is C15H29NO2S. The van der Waals surface area contributed by atoms with Crippen molar-refractivity contribution in [2.45, 2.75) is 58.2 Å². The number of carbonyl (C=O) groups excluding carboxylic acids is 1. The van der Waals surface area contributed by atoms with Crippen molar-refractivity contribution in [2.24, 2.45) is 11.8 Å². The van der Waals surface area contributed by atoms with Crippen LogP contribution in [0.25, 0.3) is 0 Å². The minimum atomic E-state index is 0.0366. The highest BCUT2D eigenvalue weighted by molar-refractivity contribution is 8.00. The van der Waals surface area contributed by atoms with Crippen molar-refractivity contribution in [1.82, 2.24) is 4.90 Å². The first-order valence-electron chi connectivity index (χ1n) is 7.50. The number of carbonyl (C=O) groups is 1. The number of aliphatic hydroxyl groups excluding tert-OH is 1. The van der Waals surface area contributed by atoms with E-state index in [-0.39, 0.29) is 17.8 Å². The van der Waals surface area contributed by atoms with Gasteiger partial charge in [0.05, 0.1) is 5.25 Å². The zero-order valence-corrected chi connectivity index (χ0v) is 13.6. The Kier molecular flexibility index (Phi) is 7.22. The van der Waals surface area contributed by atoms with Crippen LogP contribution in [0.3, 0.4) is 0 Å². The third kappa shape index (κ3) is 4.99. The van der Waals surface area contributed by atoms with Gasteiger partial charge in [0.2, 0.25) is 5.91 Å². The van der Waals surface area contributed by atoms with Gasteiger partial charge in [0, 0.05) is 19.2 Å². The van der Waals surface area contributed by atoms with Crippen molar-refractivity contribution in [1.29, 1.82) is 0 Å². The van der Waals surface area contributed by atoms with Gasteiger partial charge in [-0.25, -0.2) is 0 Å². The quantitative estimate of drug-likeness (QED) is 0.816. The van der Waals surface area contributed by atoms with Gasteiger partial charge >= 0.3 is 0 Å². The first-order valence-corrected chi connectivity index (χ1v) is 8.55. The number of piperidine rings is 1. The monoisotopic (exact) mass is 287 g/mol. The molecule has 1 aliphatic heterocycles. The average Bonchev–Trinajstić information content (AvgIpc) is 2.38. The van der Waals surface area contributed by atoms with Gasteiger partial charge in [-0.1, -0.05) is 20.8 Å². The lowest BCUT2D eigenvalue weighted by molar-refractivity contribution is -0.134. The number of thioether (sulfide) groups is 1. The molecule has 1 saturated heterocycles. The van der Waals surface area contributed by atoms with Crippen LogP contribution in [-0.4, -0.2) is 46.1 Å². The molecule has 1 aliphatic rings. The summed E-state index contributed by atoms with van der Waals surface area (Å²) in [5.41, 5.74) is 0. The van der Waals surface area contributed by atoms with E-state index in [9.17, 15) is 4.79 Å². The number of aliphatic hydroxyl groups is 1. The maximum Gasteiger partial charge on any atom is 0.236 e. The summed E-state index contributed by atoms with van der Waals surface area (Å²) in [6, 6.07) is 0.387. The predicted molar refractivity (Wildman–Crippen MR) is 82.4 cm³/mol. The molecule has 0 spiro atoms. The molecule has 3 unspecified atom stereocenters. The fourth-order valence-corrected chi connectivity index (χ4v) is 3.76. The molecule has 0 aromatic rings. The van der Waals surface area contributed by atoms with E-state index in [1.807, 2.05) is 6.92 Å². The number of hydrogen-bond donors (Lipinski definition) is 1. The van der Waals surface area contributed by atoms with E-state index in [0.29, 0.717) is 17.9 Å². The topological polar surface area (TPSA) is 40.5 Å². The lowest BCUT2D eigenvalue weighted by atomic mass is 10.0. The van der Waals surface area contributed by atoms with Crippen molar-refractivity contribution in [2.75, 3.05) is 18.9 Å². The number of amides is 1. The number of nitrogens with zero attached hydrogens (tertiary/aromatic N) is 1. The summed E-state index contributed by atoms with van der Waals surface area (Å²) in [5, 5.41) is 9.14. The molecule has 19 heavy (non-hydrogen) atoms. The fourth-order valence-electron chi connectivity index (χ4n) is 2.46. The van der Waals surface area contributed by atoms with E-state index in [1.54, 1.807) is 11.8 Å². The summed E-state index contributed by atoms with van der Waals surface area (Å²) in [6.07, 6.45) is 3.51. The standard InChI is InChI=1S/C15H29NO2S/c1-11(2)14(19-10-12(3)9-17)15(18)16-8-6-5-7-13(16)4/h11-14,17H,5-10H2,1-4H3. The molecule has 0 aromatic carbocycles. The Balaban J connectivity index is 2.61. The van der Waals surface area contributed by atoms with Crippen LogP contribution in [-0.2, 0) is 4.79 Å². The smallest absolute Gasteiger partial charge is 0.236 e. The van der Waals surface area contributed by atoms with Gasteiger partial charge in [0.15, 0.2) is 0 Å². The van der Waals surface area contributed by atoms with Crippen molar-refractivity contribution in [3.05, 3.63) is 0 Å². The highest BCUT2D eigenvalue weighted by atomic mass is 32.2. The number of likely N-dealkylation sites (tertiary alicyclic amines) is 1. The molecule has 0 radical (unpaired) electrons. The van der Waals surface area contributed by atoms with E-state index < -0.39 is 0 Å². The van der Waals surface area contributed by atoms with Gasteiger partial charge in [0.1, 0.15) is 0 Å². The molecule has 1 N–H and O–H groups in total. The van der Waals surface area contributed by atoms with Gasteiger partial charge in [-0.2, -0.15) is 0 Å². The van der Waals surface area contributed by atoms with Crippen molar-refractivity contribution < 1.29 is 9.90 Å². The molecule has 1 amide bonds. The highest BCUT2D eigenvalue weighted by Crippen LogP contribution is 2.27. The van der Waals surface area contributed by atoms with E-state index in [0.717, 1.165) is 25.1 Å². The number of rotatable bonds is 6. The second-order valence-corrected chi connectivity index (χ2v) is 7.34. The second kappa shape index (κ2) is 8.15. The van der Waals surface area contributed by atoms with Crippen molar-refractivity contribution in [3.63, 3.8) is 0 Å². The molecule has 3 nitrogen and oxygen atoms in total. The summed E-state index contributed by atoms with van der Waals surface area (Å²) in [6.45, 7) is 9.54. The molecule has 112 valence electrons. The molecule has 0 aliphatic carbocycles. The lowest BCUT2D eigenvalue weighted by Gasteiger charge is -2.37. The van der Waals surface area contributed by atoms with Gasteiger partial charge < -0.3 is 10.0 Å². The Labute approximate surface area is 122 Å². The predicted octanol–water partition coefficient (Wildman–Crippen LogP) is 2.77. The first-order chi connectivity index (χ1) is 8.97. The molecule has 0 saturated carbocycles. The first kappa shape index (κ1) is 16.8. The molecule has 1 fully saturated rings. The summed E-state index contributed by atoms with van der Waals surface area (Å²) in [4.78, 5) is 14.8. The molecule has 0 aromatic heterocycles. The minimum Gasteiger partial charge on any atom is -0.396 e. The van der Waals surface area contributed by atoms with Gasteiger partial charge in [-0.15, -0.1) is 11.8 Å². The third-order valence-corrected chi connectivity index (χ3v) is 5.67. The maximum absolute atomic E-state index is 12.7. The average molecular weight is 287 g/mol. The van der Waals surface area contributed by atoms with Crippen LogP contribution in [0.1, 0.15) is 47.0 Å². The second-order valence-electron chi connectivity index (χ2n) is 6.16. The van der Waals surface area contributed by atoms with E-state index in [2.05, 4.69) is 25.7 Å². The maximum atomic E-state index is 12.7. The van der Waals surface area contributed by atoms with Crippen LogP contribution < -0.4 is 0 Å². The summed E-state index contributed by atoms with van der Waals surface area (Å²) >= 11 is 1.71. The molecular weight excluding hydrogens is 258 g/mol. The van der Waals surface area contributed by atoms with Crippen LogP contribution in [0.15, 0.2) is 0 Å². The van der Waals surface area contributed by atoms with Crippen LogP contribution in [0.5, 0.6) is 0 Å². The fraction of sp³-hybridized carbons (Fsp3) is 0.933. The molecule has 1 heterocycles. The third-order valence-electron chi connectivity index (χ3n) is 3.81. The molecule has 1 rings (SSSR count). The van der Waals surface area contributed by atoms with Crippen LogP contribution in [0, 0.1) is 11.8 Å².